The van der Waals surface area contributed by atoms with Gasteiger partial charge in [0, 0.05) is 18.4 Å². The minimum Gasteiger partial charge on any atom is -0.465 e. The first-order valence-corrected chi connectivity index (χ1v) is 8.87. The molecule has 148 valence electrons. The summed E-state index contributed by atoms with van der Waals surface area (Å²) in [5.74, 6) is -0.864. The van der Waals surface area contributed by atoms with Crippen molar-refractivity contribution < 1.29 is 18.7 Å². The van der Waals surface area contributed by atoms with E-state index in [4.69, 9.17) is 0 Å². The van der Waals surface area contributed by atoms with E-state index >= 15 is 0 Å². The number of nitrogens with one attached hydrogen (secondary N) is 2. The summed E-state index contributed by atoms with van der Waals surface area (Å²) in [4.78, 5) is 32.1. The zero-order valence-electron chi connectivity index (χ0n) is 15.7. The molecule has 0 aliphatic heterocycles. The van der Waals surface area contributed by atoms with Crippen LogP contribution >= 0.6 is 0 Å². The highest BCUT2D eigenvalue weighted by atomic mass is 19.1. The van der Waals surface area contributed by atoms with Gasteiger partial charge in [-0.1, -0.05) is 18.2 Å². The number of halogens is 1. The van der Waals surface area contributed by atoms with Crippen LogP contribution in [0.4, 0.5) is 16.0 Å². The molecule has 0 bridgehead atoms. The monoisotopic (exact) mass is 394 g/mol. The van der Waals surface area contributed by atoms with Gasteiger partial charge >= 0.3 is 5.97 Å². The molecule has 0 radical (unpaired) electrons. The third-order valence-corrected chi connectivity index (χ3v) is 4.09. The largest absolute Gasteiger partial charge is 0.465 e. The summed E-state index contributed by atoms with van der Waals surface area (Å²) in [6.45, 7) is 0.418. The first-order valence-electron chi connectivity index (χ1n) is 8.87. The molecule has 1 amide bonds. The van der Waals surface area contributed by atoms with Crippen LogP contribution in [0.2, 0.25) is 0 Å². The highest BCUT2D eigenvalue weighted by Crippen LogP contribution is 2.12. The number of rotatable bonds is 7. The number of carbonyl (C=O) groups is 2. The van der Waals surface area contributed by atoms with Crippen molar-refractivity contribution >= 4 is 23.5 Å². The lowest BCUT2D eigenvalue weighted by Crippen LogP contribution is -2.16. The summed E-state index contributed by atoms with van der Waals surface area (Å²) in [6, 6.07) is 14.3. The van der Waals surface area contributed by atoms with E-state index in [0.717, 1.165) is 0 Å². The molecule has 0 unspecified atom stereocenters. The smallest absolute Gasteiger partial charge is 0.337 e. The van der Waals surface area contributed by atoms with E-state index in [-0.39, 0.29) is 17.5 Å². The van der Waals surface area contributed by atoms with E-state index < -0.39 is 11.9 Å². The minimum atomic E-state index is -0.454. The normalized spacial score (nSPS) is 10.3. The first-order chi connectivity index (χ1) is 14.1. The maximum atomic E-state index is 13.6. The summed E-state index contributed by atoms with van der Waals surface area (Å²) in [6.07, 6.45) is 1.92. The molecule has 8 heteroatoms. The van der Waals surface area contributed by atoms with Crippen molar-refractivity contribution in [1.82, 2.24) is 9.97 Å². The summed E-state index contributed by atoms with van der Waals surface area (Å²) < 4.78 is 18.3. The van der Waals surface area contributed by atoms with Gasteiger partial charge in [-0.2, -0.15) is 0 Å². The van der Waals surface area contributed by atoms with E-state index in [1.54, 1.807) is 42.5 Å². The number of nitrogens with zero attached hydrogens (tertiary/aromatic N) is 2. The minimum absolute atomic E-state index is 0.172. The van der Waals surface area contributed by atoms with Crippen molar-refractivity contribution in [2.45, 2.75) is 6.42 Å². The molecule has 29 heavy (non-hydrogen) atoms. The van der Waals surface area contributed by atoms with Gasteiger partial charge in [-0.3, -0.25) is 4.79 Å². The molecule has 0 saturated carbocycles. The molecule has 2 N–H and O–H groups in total. The molecule has 3 rings (SSSR count). The predicted octanol–water partition coefficient (Wildman–Crippen LogP) is 3.31. The predicted molar refractivity (Wildman–Crippen MR) is 106 cm³/mol. The number of amides is 1. The molecule has 1 aromatic heterocycles. The standard InChI is InChI=1S/C21H19FN4O3/c1-29-20(28)15-6-8-16(9-7-15)25-19(27)18-11-13-24-21(26-18)23-12-10-14-4-2-3-5-17(14)22/h2-9,11,13H,10,12H2,1H3,(H,25,27)(H,23,24,26). The van der Waals surface area contributed by atoms with Gasteiger partial charge in [0.1, 0.15) is 11.5 Å². The van der Waals surface area contributed by atoms with Crippen LogP contribution in [-0.4, -0.2) is 35.5 Å². The SMILES string of the molecule is COC(=O)c1ccc(NC(=O)c2ccnc(NCCc3ccccc3F)n2)cc1. The number of esters is 1. The molecule has 1 heterocycles. The Balaban J connectivity index is 1.59. The Morgan fingerprint density at radius 2 is 1.83 bits per heavy atom. The van der Waals surface area contributed by atoms with Crippen LogP contribution in [0.1, 0.15) is 26.4 Å². The van der Waals surface area contributed by atoms with Gasteiger partial charge in [-0.15, -0.1) is 0 Å². The molecule has 0 atom stereocenters. The number of benzene rings is 2. The lowest BCUT2D eigenvalue weighted by atomic mass is 10.1. The Morgan fingerprint density at radius 3 is 2.55 bits per heavy atom. The molecule has 2 aromatic carbocycles. The average Bonchev–Trinajstić information content (AvgIpc) is 2.75. The Kier molecular flexibility index (Phi) is 6.47. The highest BCUT2D eigenvalue weighted by molar-refractivity contribution is 6.03. The summed E-state index contributed by atoms with van der Waals surface area (Å²) in [5, 5.41) is 5.69. The Hall–Kier alpha value is -3.81. The fraction of sp³-hybridized carbons (Fsp3) is 0.143. The van der Waals surface area contributed by atoms with Crippen molar-refractivity contribution in [1.29, 1.82) is 0 Å². The van der Waals surface area contributed by atoms with Gasteiger partial charge in [-0.05, 0) is 48.4 Å². The second-order valence-corrected chi connectivity index (χ2v) is 6.06. The van der Waals surface area contributed by atoms with E-state index in [0.29, 0.717) is 29.8 Å². The number of hydrogen-bond donors (Lipinski definition) is 2. The number of aromatic nitrogens is 2. The topological polar surface area (TPSA) is 93.2 Å². The Labute approximate surface area is 167 Å². The zero-order chi connectivity index (χ0) is 20.6. The zero-order valence-corrected chi connectivity index (χ0v) is 15.7. The van der Waals surface area contributed by atoms with E-state index in [1.165, 1.54) is 25.4 Å². The number of ether oxygens (including phenoxy) is 1. The molecule has 0 saturated heterocycles. The van der Waals surface area contributed by atoms with Crippen molar-refractivity contribution in [2.75, 3.05) is 24.3 Å². The maximum absolute atomic E-state index is 13.6. The van der Waals surface area contributed by atoms with Crippen LogP contribution in [0.25, 0.3) is 0 Å². The lowest BCUT2D eigenvalue weighted by Gasteiger charge is -2.08. The van der Waals surface area contributed by atoms with Crippen LogP contribution < -0.4 is 10.6 Å². The van der Waals surface area contributed by atoms with Crippen molar-refractivity contribution in [3.63, 3.8) is 0 Å². The lowest BCUT2D eigenvalue weighted by molar-refractivity contribution is 0.0600. The van der Waals surface area contributed by atoms with Gasteiger partial charge < -0.3 is 15.4 Å². The molecular weight excluding hydrogens is 375 g/mol. The van der Waals surface area contributed by atoms with Gasteiger partial charge in [0.15, 0.2) is 0 Å². The van der Waals surface area contributed by atoms with Gasteiger partial charge in [-0.25, -0.2) is 19.2 Å². The molecule has 3 aromatic rings. The van der Waals surface area contributed by atoms with Gasteiger partial charge in [0.2, 0.25) is 5.95 Å². The summed E-state index contributed by atoms with van der Waals surface area (Å²) >= 11 is 0. The van der Waals surface area contributed by atoms with Crippen molar-refractivity contribution in [3.05, 3.63) is 83.4 Å². The molecule has 0 aliphatic rings. The fourth-order valence-electron chi connectivity index (χ4n) is 2.58. The van der Waals surface area contributed by atoms with Gasteiger partial charge in [0.25, 0.3) is 5.91 Å². The molecular formula is C21H19FN4O3. The quantitative estimate of drug-likeness (QED) is 0.597. The average molecular weight is 394 g/mol. The first kappa shape index (κ1) is 19.9. The molecule has 7 nitrogen and oxygen atoms in total. The molecule has 0 fully saturated rings. The molecule has 0 aliphatic carbocycles. The van der Waals surface area contributed by atoms with Crippen molar-refractivity contribution in [3.8, 4) is 0 Å². The summed E-state index contributed by atoms with van der Waals surface area (Å²) in [5.41, 5.74) is 1.65. The maximum Gasteiger partial charge on any atom is 0.337 e. The third-order valence-electron chi connectivity index (χ3n) is 4.09. The number of anilines is 2. The second kappa shape index (κ2) is 9.41. The third kappa shape index (κ3) is 5.35. The van der Waals surface area contributed by atoms with Crippen molar-refractivity contribution in [2.24, 2.45) is 0 Å². The van der Waals surface area contributed by atoms with Crippen LogP contribution in [-0.2, 0) is 11.2 Å². The number of carbonyl (C=O) groups excluding carboxylic acids is 2. The van der Waals surface area contributed by atoms with Crippen LogP contribution in [0, 0.1) is 5.82 Å². The summed E-state index contributed by atoms with van der Waals surface area (Å²) in [7, 11) is 1.30. The van der Waals surface area contributed by atoms with Crippen LogP contribution in [0.15, 0.2) is 60.8 Å². The Bertz CT molecular complexity index is 1010. The highest BCUT2D eigenvalue weighted by Gasteiger charge is 2.11. The van der Waals surface area contributed by atoms with E-state index in [2.05, 4.69) is 25.3 Å². The Morgan fingerprint density at radius 1 is 1.07 bits per heavy atom. The van der Waals surface area contributed by atoms with Gasteiger partial charge in [0.05, 0.1) is 12.7 Å². The number of methoxy groups -OCH3 is 1. The van der Waals surface area contributed by atoms with E-state index in [1.807, 2.05) is 0 Å². The second-order valence-electron chi connectivity index (χ2n) is 6.06. The van der Waals surface area contributed by atoms with Crippen LogP contribution in [0.3, 0.4) is 0 Å². The van der Waals surface area contributed by atoms with Crippen LogP contribution in [0.5, 0.6) is 0 Å². The molecule has 0 spiro atoms. The van der Waals surface area contributed by atoms with E-state index in [9.17, 15) is 14.0 Å². The number of hydrogen-bond acceptors (Lipinski definition) is 6. The fourth-order valence-corrected chi connectivity index (χ4v) is 2.58.